The summed E-state index contributed by atoms with van der Waals surface area (Å²) in [5.41, 5.74) is 6.38. The lowest BCUT2D eigenvalue weighted by Gasteiger charge is -2.15. The highest BCUT2D eigenvalue weighted by Crippen LogP contribution is 2.27. The number of benzene rings is 3. The van der Waals surface area contributed by atoms with E-state index in [0.717, 1.165) is 23.1 Å². The number of aryl methyl sites for hydroxylation is 1. The van der Waals surface area contributed by atoms with Gasteiger partial charge in [-0.2, -0.15) is 0 Å². The van der Waals surface area contributed by atoms with E-state index in [1.807, 2.05) is 48.7 Å². The number of rotatable bonds is 6. The average Bonchev–Trinajstić information content (AvgIpc) is 3.47. The first-order chi connectivity index (χ1) is 18.1. The van der Waals surface area contributed by atoms with Crippen LogP contribution in [0.25, 0.3) is 5.69 Å². The number of hydrogen-bond donors (Lipinski definition) is 2. The molecule has 0 fully saturated rings. The van der Waals surface area contributed by atoms with Gasteiger partial charge in [0.05, 0.1) is 34.9 Å². The molecule has 2 heterocycles. The second kappa shape index (κ2) is 9.92. The quantitative estimate of drug-likeness (QED) is 0.364. The number of carbonyl (C=O) groups excluding carboxylic acids is 2. The number of nitrogens with one attached hydrogen (secondary N) is 2. The first-order valence-corrected chi connectivity index (χ1v) is 13.9. The summed E-state index contributed by atoms with van der Waals surface area (Å²) < 4.78 is 30.8. The Morgan fingerprint density at radius 2 is 1.42 bits per heavy atom. The van der Waals surface area contributed by atoms with Crippen molar-refractivity contribution in [1.29, 1.82) is 0 Å². The molecule has 1 aromatic heterocycles. The van der Waals surface area contributed by atoms with Crippen LogP contribution in [0.5, 0.6) is 0 Å². The molecule has 38 heavy (non-hydrogen) atoms. The van der Waals surface area contributed by atoms with Gasteiger partial charge >= 0.3 is 0 Å². The summed E-state index contributed by atoms with van der Waals surface area (Å²) in [6, 6.07) is 20.8. The van der Waals surface area contributed by atoms with E-state index in [2.05, 4.69) is 10.6 Å². The third kappa shape index (κ3) is 4.98. The largest absolute Gasteiger partial charge is 0.372 e. The number of fused-ring (bicyclic) bond motifs is 1. The van der Waals surface area contributed by atoms with Crippen molar-refractivity contribution in [1.82, 2.24) is 4.57 Å². The highest BCUT2D eigenvalue weighted by atomic mass is 32.2. The van der Waals surface area contributed by atoms with Gasteiger partial charge in [0.2, 0.25) is 0 Å². The zero-order valence-electron chi connectivity index (χ0n) is 21.2. The lowest BCUT2D eigenvalue weighted by molar-refractivity contribution is 0.101. The second-order valence-electron chi connectivity index (χ2n) is 9.32. The molecule has 0 aliphatic carbocycles. The molecule has 2 N–H and O–H groups in total. The molecule has 8 nitrogen and oxygen atoms in total. The standard InChI is InChI=1S/C29H27N3O5S/c1-18-14-26(29(34)30-22-10-12-24(13-11-22)38(3,35)36)19(2)32(18)27-7-5-4-6-25(27)28(33)31-23-9-8-20-16-37-17-21(20)15-23/h4-15H,16-17H2,1-3H3,(H,30,34)(H,31,33). The highest BCUT2D eigenvalue weighted by Gasteiger charge is 2.21. The van der Waals surface area contributed by atoms with E-state index in [9.17, 15) is 18.0 Å². The van der Waals surface area contributed by atoms with Crippen LogP contribution in [-0.4, -0.2) is 31.1 Å². The van der Waals surface area contributed by atoms with Crippen LogP contribution in [0.15, 0.2) is 77.7 Å². The number of amides is 2. The molecule has 0 saturated heterocycles. The summed E-state index contributed by atoms with van der Waals surface area (Å²) in [7, 11) is -3.33. The third-order valence-electron chi connectivity index (χ3n) is 6.58. The fourth-order valence-corrected chi connectivity index (χ4v) is 5.29. The van der Waals surface area contributed by atoms with Gasteiger partial charge in [-0.1, -0.05) is 18.2 Å². The maximum absolute atomic E-state index is 13.3. The minimum absolute atomic E-state index is 0.178. The summed E-state index contributed by atoms with van der Waals surface area (Å²) in [5, 5.41) is 5.81. The van der Waals surface area contributed by atoms with Crippen molar-refractivity contribution in [3.8, 4) is 5.69 Å². The monoisotopic (exact) mass is 529 g/mol. The van der Waals surface area contributed by atoms with Gasteiger partial charge in [0.1, 0.15) is 0 Å². The van der Waals surface area contributed by atoms with E-state index in [1.54, 1.807) is 30.3 Å². The van der Waals surface area contributed by atoms with E-state index in [4.69, 9.17) is 4.74 Å². The normalized spacial score (nSPS) is 12.7. The molecule has 4 aromatic rings. The lowest BCUT2D eigenvalue weighted by Crippen LogP contribution is -2.17. The van der Waals surface area contributed by atoms with Crippen LogP contribution < -0.4 is 10.6 Å². The summed E-state index contributed by atoms with van der Waals surface area (Å²) in [4.78, 5) is 26.6. The Kier molecular flexibility index (Phi) is 6.64. The Balaban J connectivity index is 1.41. The zero-order chi connectivity index (χ0) is 27.0. The maximum atomic E-state index is 13.3. The number of anilines is 2. The van der Waals surface area contributed by atoms with Crippen LogP contribution in [-0.2, 0) is 27.8 Å². The molecule has 0 radical (unpaired) electrons. The van der Waals surface area contributed by atoms with Crippen LogP contribution in [0.2, 0.25) is 0 Å². The molecule has 0 bridgehead atoms. The predicted molar refractivity (Wildman–Crippen MR) is 146 cm³/mol. The average molecular weight is 530 g/mol. The Labute approximate surface area is 221 Å². The van der Waals surface area contributed by atoms with E-state index in [-0.39, 0.29) is 16.7 Å². The van der Waals surface area contributed by atoms with Crippen LogP contribution >= 0.6 is 0 Å². The van der Waals surface area contributed by atoms with Gasteiger partial charge in [-0.25, -0.2) is 8.42 Å². The highest BCUT2D eigenvalue weighted by molar-refractivity contribution is 7.90. The number of para-hydroxylation sites is 1. The second-order valence-corrected chi connectivity index (χ2v) is 11.3. The van der Waals surface area contributed by atoms with E-state index >= 15 is 0 Å². The fourth-order valence-electron chi connectivity index (χ4n) is 4.66. The van der Waals surface area contributed by atoms with Gasteiger partial charge in [-0.3, -0.25) is 9.59 Å². The fraction of sp³-hybridized carbons (Fsp3) is 0.172. The van der Waals surface area contributed by atoms with Gasteiger partial charge in [-0.15, -0.1) is 0 Å². The minimum Gasteiger partial charge on any atom is -0.372 e. The first-order valence-electron chi connectivity index (χ1n) is 12.0. The smallest absolute Gasteiger partial charge is 0.257 e. The van der Waals surface area contributed by atoms with Crippen LogP contribution in [0.4, 0.5) is 11.4 Å². The Hall–Kier alpha value is -4.21. The van der Waals surface area contributed by atoms with E-state index < -0.39 is 9.84 Å². The number of aromatic nitrogens is 1. The SMILES string of the molecule is Cc1cc(C(=O)Nc2ccc(S(C)(=O)=O)cc2)c(C)n1-c1ccccc1C(=O)Nc1ccc2c(c1)COC2. The lowest BCUT2D eigenvalue weighted by atomic mass is 10.1. The van der Waals surface area contributed by atoms with Gasteiger partial charge in [-0.05, 0) is 79.6 Å². The number of nitrogens with zero attached hydrogens (tertiary/aromatic N) is 1. The van der Waals surface area contributed by atoms with Gasteiger partial charge in [0, 0.05) is 29.0 Å². The van der Waals surface area contributed by atoms with Crippen molar-refractivity contribution < 1.29 is 22.7 Å². The molecule has 2 amide bonds. The molecule has 5 rings (SSSR count). The maximum Gasteiger partial charge on any atom is 0.257 e. The van der Waals surface area contributed by atoms with E-state index in [1.165, 1.54) is 12.1 Å². The van der Waals surface area contributed by atoms with Crippen LogP contribution in [0, 0.1) is 13.8 Å². The van der Waals surface area contributed by atoms with Crippen molar-refractivity contribution in [2.75, 3.05) is 16.9 Å². The molecule has 1 aliphatic heterocycles. The Bertz CT molecular complexity index is 1670. The molecule has 0 spiro atoms. The number of sulfone groups is 1. The molecule has 194 valence electrons. The predicted octanol–water partition coefficient (Wildman–Crippen LogP) is 5.03. The Morgan fingerprint density at radius 3 is 2.16 bits per heavy atom. The molecule has 9 heteroatoms. The van der Waals surface area contributed by atoms with Crippen LogP contribution in [0.3, 0.4) is 0 Å². The molecule has 0 atom stereocenters. The molecule has 1 aliphatic rings. The topological polar surface area (TPSA) is 107 Å². The van der Waals surface area contributed by atoms with Gasteiger partial charge < -0.3 is 19.9 Å². The molecule has 0 unspecified atom stereocenters. The summed E-state index contributed by atoms with van der Waals surface area (Å²) in [5.74, 6) is -0.595. The van der Waals surface area contributed by atoms with Gasteiger partial charge in [0.25, 0.3) is 11.8 Å². The Morgan fingerprint density at radius 1 is 0.789 bits per heavy atom. The number of ether oxygens (including phenoxy) is 1. The van der Waals surface area contributed by atoms with Crippen molar-refractivity contribution in [3.63, 3.8) is 0 Å². The summed E-state index contributed by atoms with van der Waals surface area (Å²) in [6.07, 6.45) is 1.13. The molecule has 0 saturated carbocycles. The molecular weight excluding hydrogens is 502 g/mol. The van der Waals surface area contributed by atoms with E-state index in [0.29, 0.717) is 47.1 Å². The number of carbonyl (C=O) groups is 2. The van der Waals surface area contributed by atoms with Crippen molar-refractivity contribution in [2.24, 2.45) is 0 Å². The van der Waals surface area contributed by atoms with Crippen molar-refractivity contribution >= 4 is 33.0 Å². The van der Waals surface area contributed by atoms with Crippen LogP contribution in [0.1, 0.15) is 43.2 Å². The van der Waals surface area contributed by atoms with Gasteiger partial charge in [0.15, 0.2) is 9.84 Å². The van der Waals surface area contributed by atoms with Crippen molar-refractivity contribution in [3.05, 3.63) is 106 Å². The summed E-state index contributed by atoms with van der Waals surface area (Å²) in [6.45, 7) is 4.81. The zero-order valence-corrected chi connectivity index (χ0v) is 22.1. The third-order valence-corrected chi connectivity index (χ3v) is 7.71. The first kappa shape index (κ1) is 25.4. The molecule has 3 aromatic carbocycles. The number of hydrogen-bond acceptors (Lipinski definition) is 5. The molecular formula is C29H27N3O5S. The van der Waals surface area contributed by atoms with Crippen molar-refractivity contribution in [2.45, 2.75) is 32.0 Å². The summed E-state index contributed by atoms with van der Waals surface area (Å²) >= 11 is 0. The minimum atomic E-state index is -3.33.